The molecule has 1 amide bonds. The molecule has 1 aromatic carbocycles. The monoisotopic (exact) mass is 280 g/mol. The molecule has 1 atom stereocenters. The second kappa shape index (κ2) is 6.82. The van der Waals surface area contributed by atoms with Crippen molar-refractivity contribution < 1.29 is 9.90 Å². The molecular weight excluding hydrogens is 260 g/mol. The lowest BCUT2D eigenvalue weighted by atomic mass is 10.0. The Kier molecular flexibility index (Phi) is 5.10. The maximum absolute atomic E-state index is 12.2. The molecule has 0 bridgehead atoms. The molecule has 0 radical (unpaired) electrons. The van der Waals surface area contributed by atoms with Crippen molar-refractivity contribution in [3.05, 3.63) is 24.3 Å². The number of carbonyl (C=O) groups excluding carboxylic acids is 1. The van der Waals surface area contributed by atoms with Crippen LogP contribution < -0.4 is 5.73 Å². The number of phenolic OH excluding ortho intramolecular Hbond substituents is 1. The summed E-state index contributed by atoms with van der Waals surface area (Å²) in [6.07, 6.45) is 3.26. The second-order valence-corrected chi connectivity index (χ2v) is 5.80. The van der Waals surface area contributed by atoms with Crippen LogP contribution in [0.4, 0.5) is 0 Å². The van der Waals surface area contributed by atoms with E-state index >= 15 is 0 Å². The van der Waals surface area contributed by atoms with Crippen LogP contribution in [0.15, 0.2) is 29.2 Å². The Hall–Kier alpha value is -1.20. The van der Waals surface area contributed by atoms with E-state index in [1.54, 1.807) is 12.1 Å². The summed E-state index contributed by atoms with van der Waals surface area (Å²) in [5.74, 6) is 0.837. The summed E-state index contributed by atoms with van der Waals surface area (Å²) in [4.78, 5) is 15.1. The highest BCUT2D eigenvalue weighted by molar-refractivity contribution is 8.00. The van der Waals surface area contributed by atoms with E-state index in [0.29, 0.717) is 12.3 Å². The molecule has 0 aromatic heterocycles. The first-order valence-corrected chi connectivity index (χ1v) is 7.60. The molecule has 104 valence electrons. The van der Waals surface area contributed by atoms with E-state index in [-0.39, 0.29) is 17.7 Å². The van der Waals surface area contributed by atoms with Crippen LogP contribution in [0.1, 0.15) is 19.3 Å². The van der Waals surface area contributed by atoms with Gasteiger partial charge in [-0.05, 0) is 43.5 Å². The van der Waals surface area contributed by atoms with Gasteiger partial charge in [-0.25, -0.2) is 0 Å². The molecule has 1 aliphatic rings. The van der Waals surface area contributed by atoms with Crippen molar-refractivity contribution in [2.24, 2.45) is 5.73 Å². The number of amides is 1. The third kappa shape index (κ3) is 3.88. The van der Waals surface area contributed by atoms with E-state index in [1.165, 1.54) is 11.8 Å². The molecule has 19 heavy (non-hydrogen) atoms. The largest absolute Gasteiger partial charge is 0.508 e. The maximum atomic E-state index is 12.2. The number of likely N-dealkylation sites (tertiary alicyclic amines) is 1. The highest BCUT2D eigenvalue weighted by Gasteiger charge is 2.25. The van der Waals surface area contributed by atoms with Crippen LogP contribution in [0.25, 0.3) is 0 Å². The molecule has 1 saturated heterocycles. The molecule has 1 aliphatic heterocycles. The normalized spacial score (nSPS) is 19.4. The molecule has 3 N–H and O–H groups in total. The van der Waals surface area contributed by atoms with E-state index in [4.69, 9.17) is 5.73 Å². The van der Waals surface area contributed by atoms with E-state index < -0.39 is 0 Å². The highest BCUT2D eigenvalue weighted by Crippen LogP contribution is 2.23. The summed E-state index contributed by atoms with van der Waals surface area (Å²) >= 11 is 1.50. The highest BCUT2D eigenvalue weighted by atomic mass is 32.2. The quantitative estimate of drug-likeness (QED) is 0.826. The summed E-state index contributed by atoms with van der Waals surface area (Å²) in [6.45, 7) is 1.38. The van der Waals surface area contributed by atoms with Gasteiger partial charge in [-0.2, -0.15) is 0 Å². The van der Waals surface area contributed by atoms with Gasteiger partial charge in [-0.3, -0.25) is 4.79 Å². The van der Waals surface area contributed by atoms with Gasteiger partial charge in [0.15, 0.2) is 0 Å². The van der Waals surface area contributed by atoms with Crippen LogP contribution in [0.3, 0.4) is 0 Å². The summed E-state index contributed by atoms with van der Waals surface area (Å²) in [5, 5.41) is 9.21. The number of phenols is 1. The van der Waals surface area contributed by atoms with Crippen LogP contribution in [-0.4, -0.2) is 40.8 Å². The number of hydrogen-bond donors (Lipinski definition) is 2. The first-order valence-electron chi connectivity index (χ1n) is 6.62. The smallest absolute Gasteiger partial charge is 0.233 e. The Morgan fingerprint density at radius 2 is 2.11 bits per heavy atom. The Morgan fingerprint density at radius 1 is 1.37 bits per heavy atom. The lowest BCUT2D eigenvalue weighted by molar-refractivity contribution is -0.131. The number of aromatic hydroxyl groups is 1. The van der Waals surface area contributed by atoms with E-state index in [0.717, 1.165) is 30.7 Å². The fourth-order valence-corrected chi connectivity index (χ4v) is 3.13. The van der Waals surface area contributed by atoms with Crippen molar-refractivity contribution in [1.82, 2.24) is 4.90 Å². The van der Waals surface area contributed by atoms with Crippen molar-refractivity contribution in [2.75, 3.05) is 18.8 Å². The van der Waals surface area contributed by atoms with Gasteiger partial charge in [0.2, 0.25) is 5.91 Å². The number of nitrogens with two attached hydrogens (primary N) is 1. The SMILES string of the molecule is NCC1CCCCN1C(=O)CSc1ccc(O)cc1. The van der Waals surface area contributed by atoms with Gasteiger partial charge < -0.3 is 15.7 Å². The number of benzene rings is 1. The minimum Gasteiger partial charge on any atom is -0.508 e. The lowest BCUT2D eigenvalue weighted by Gasteiger charge is -2.35. The van der Waals surface area contributed by atoms with E-state index in [2.05, 4.69) is 0 Å². The van der Waals surface area contributed by atoms with Crippen molar-refractivity contribution in [2.45, 2.75) is 30.2 Å². The van der Waals surface area contributed by atoms with Crippen LogP contribution >= 0.6 is 11.8 Å². The van der Waals surface area contributed by atoms with Gasteiger partial charge >= 0.3 is 0 Å². The van der Waals surface area contributed by atoms with Gasteiger partial charge in [0.05, 0.1) is 5.75 Å². The third-order valence-electron chi connectivity index (χ3n) is 3.42. The van der Waals surface area contributed by atoms with Crippen LogP contribution in [0.2, 0.25) is 0 Å². The number of nitrogens with zero attached hydrogens (tertiary/aromatic N) is 1. The Bertz CT molecular complexity index is 422. The van der Waals surface area contributed by atoms with Gasteiger partial charge in [0.1, 0.15) is 5.75 Å². The number of hydrogen-bond acceptors (Lipinski definition) is 4. The van der Waals surface area contributed by atoms with Crippen LogP contribution in [0.5, 0.6) is 5.75 Å². The summed E-state index contributed by atoms with van der Waals surface area (Å²) in [7, 11) is 0. The second-order valence-electron chi connectivity index (χ2n) is 4.76. The standard InChI is InChI=1S/C14H20N2O2S/c15-9-11-3-1-2-8-16(11)14(18)10-19-13-6-4-12(17)5-7-13/h4-7,11,17H,1-3,8-10,15H2. The number of piperidine rings is 1. The van der Waals surface area contributed by atoms with Crippen molar-refractivity contribution in [3.63, 3.8) is 0 Å². The molecular formula is C14H20N2O2S. The van der Waals surface area contributed by atoms with E-state index in [1.807, 2.05) is 17.0 Å². The molecule has 0 aliphatic carbocycles. The maximum Gasteiger partial charge on any atom is 0.233 e. The Labute approximate surface area is 118 Å². The van der Waals surface area contributed by atoms with Gasteiger partial charge in [-0.1, -0.05) is 0 Å². The van der Waals surface area contributed by atoms with Crippen LogP contribution in [0, 0.1) is 0 Å². The molecule has 4 nitrogen and oxygen atoms in total. The van der Waals surface area contributed by atoms with Gasteiger partial charge in [-0.15, -0.1) is 11.8 Å². The van der Waals surface area contributed by atoms with E-state index in [9.17, 15) is 9.90 Å². The Morgan fingerprint density at radius 3 is 2.79 bits per heavy atom. The average molecular weight is 280 g/mol. The molecule has 0 spiro atoms. The average Bonchev–Trinajstić information content (AvgIpc) is 2.46. The first-order chi connectivity index (χ1) is 9.20. The summed E-state index contributed by atoms with van der Waals surface area (Å²) in [6, 6.07) is 7.13. The minimum atomic E-state index is 0.160. The molecule has 0 saturated carbocycles. The Balaban J connectivity index is 1.87. The lowest BCUT2D eigenvalue weighted by Crippen LogP contribution is -2.48. The summed E-state index contributed by atoms with van der Waals surface area (Å²) in [5.41, 5.74) is 5.73. The third-order valence-corrected chi connectivity index (χ3v) is 4.42. The first kappa shape index (κ1) is 14.2. The van der Waals surface area contributed by atoms with Gasteiger partial charge in [0.25, 0.3) is 0 Å². The van der Waals surface area contributed by atoms with Crippen LogP contribution in [-0.2, 0) is 4.79 Å². The number of thioether (sulfide) groups is 1. The number of carbonyl (C=O) groups is 1. The fourth-order valence-electron chi connectivity index (χ4n) is 2.34. The summed E-state index contributed by atoms with van der Waals surface area (Å²) < 4.78 is 0. The van der Waals surface area contributed by atoms with Gasteiger partial charge in [0, 0.05) is 24.0 Å². The van der Waals surface area contributed by atoms with Crippen molar-refractivity contribution >= 4 is 17.7 Å². The zero-order valence-electron chi connectivity index (χ0n) is 10.9. The van der Waals surface area contributed by atoms with Crippen molar-refractivity contribution in [1.29, 1.82) is 0 Å². The zero-order valence-corrected chi connectivity index (χ0v) is 11.7. The topological polar surface area (TPSA) is 66.6 Å². The van der Waals surface area contributed by atoms with Crippen molar-refractivity contribution in [3.8, 4) is 5.75 Å². The fraction of sp³-hybridized carbons (Fsp3) is 0.500. The molecule has 1 heterocycles. The molecule has 1 unspecified atom stereocenters. The molecule has 2 rings (SSSR count). The minimum absolute atomic E-state index is 0.160. The predicted octanol–water partition coefficient (Wildman–Crippen LogP) is 1.82. The molecule has 1 fully saturated rings. The zero-order chi connectivity index (χ0) is 13.7. The molecule has 1 aromatic rings. The molecule has 5 heteroatoms. The predicted molar refractivity (Wildman–Crippen MR) is 77.2 cm³/mol. The number of rotatable bonds is 4.